The van der Waals surface area contributed by atoms with Gasteiger partial charge in [0.15, 0.2) is 17.1 Å². The molecule has 0 unspecified atom stereocenters. The summed E-state index contributed by atoms with van der Waals surface area (Å²) in [6.07, 6.45) is 0. The standard InChI is InChI=1S/C17H20O6/c1-17(2,3)15(18)12-7-9-10(16(19)22-6)8-11(20-4)14(21-5)13(9)23-12/h7-8H,1-6H3. The average molecular weight is 320 g/mol. The second-order valence-corrected chi connectivity index (χ2v) is 6.08. The lowest BCUT2D eigenvalue weighted by molar-refractivity contribution is 0.0602. The van der Waals surface area contributed by atoms with Gasteiger partial charge in [-0.05, 0) is 12.1 Å². The lowest BCUT2D eigenvalue weighted by atomic mass is 9.89. The molecule has 1 aromatic heterocycles. The van der Waals surface area contributed by atoms with Gasteiger partial charge >= 0.3 is 5.97 Å². The Hall–Kier alpha value is -2.50. The number of esters is 1. The zero-order valence-corrected chi connectivity index (χ0v) is 14.1. The molecule has 0 aliphatic heterocycles. The summed E-state index contributed by atoms with van der Waals surface area (Å²) in [4.78, 5) is 24.5. The zero-order valence-electron chi connectivity index (χ0n) is 14.1. The largest absolute Gasteiger partial charge is 0.493 e. The lowest BCUT2D eigenvalue weighted by Gasteiger charge is -2.13. The summed E-state index contributed by atoms with van der Waals surface area (Å²) in [5.74, 6) is 0.0777. The molecular formula is C17H20O6. The predicted octanol–water partition coefficient (Wildman–Crippen LogP) is 3.47. The number of ketones is 1. The van der Waals surface area contributed by atoms with Gasteiger partial charge in [0.1, 0.15) is 0 Å². The first-order valence-electron chi connectivity index (χ1n) is 7.06. The third-order valence-electron chi connectivity index (χ3n) is 3.46. The monoisotopic (exact) mass is 320 g/mol. The molecule has 0 saturated heterocycles. The van der Waals surface area contributed by atoms with Gasteiger partial charge in [-0.2, -0.15) is 0 Å². The molecule has 2 rings (SSSR count). The quantitative estimate of drug-likeness (QED) is 0.634. The van der Waals surface area contributed by atoms with Crippen molar-refractivity contribution in [2.45, 2.75) is 20.8 Å². The van der Waals surface area contributed by atoms with Crippen molar-refractivity contribution in [2.75, 3.05) is 21.3 Å². The van der Waals surface area contributed by atoms with E-state index in [1.807, 2.05) is 0 Å². The summed E-state index contributed by atoms with van der Waals surface area (Å²) in [7, 11) is 4.20. The molecule has 124 valence electrons. The molecule has 0 spiro atoms. The zero-order chi connectivity index (χ0) is 17.4. The number of hydrogen-bond acceptors (Lipinski definition) is 6. The third kappa shape index (κ3) is 2.88. The van der Waals surface area contributed by atoms with E-state index in [1.54, 1.807) is 20.8 Å². The number of carbonyl (C=O) groups is 2. The predicted molar refractivity (Wildman–Crippen MR) is 84.4 cm³/mol. The van der Waals surface area contributed by atoms with Crippen LogP contribution >= 0.6 is 0 Å². The number of hydrogen-bond donors (Lipinski definition) is 0. The molecule has 23 heavy (non-hydrogen) atoms. The highest BCUT2D eigenvalue weighted by atomic mass is 16.5. The third-order valence-corrected chi connectivity index (χ3v) is 3.46. The van der Waals surface area contributed by atoms with Gasteiger partial charge < -0.3 is 18.6 Å². The van der Waals surface area contributed by atoms with E-state index in [1.165, 1.54) is 33.5 Å². The van der Waals surface area contributed by atoms with Crippen molar-refractivity contribution >= 4 is 22.7 Å². The molecule has 1 heterocycles. The van der Waals surface area contributed by atoms with Gasteiger partial charge in [-0.3, -0.25) is 4.79 Å². The fourth-order valence-electron chi connectivity index (χ4n) is 2.25. The number of Topliss-reactive ketones (excluding diaryl/α,β-unsaturated/α-hetero) is 1. The van der Waals surface area contributed by atoms with E-state index in [0.29, 0.717) is 16.9 Å². The summed E-state index contributed by atoms with van der Waals surface area (Å²) in [6, 6.07) is 3.05. The number of rotatable bonds is 4. The van der Waals surface area contributed by atoms with Gasteiger partial charge in [0.05, 0.1) is 26.9 Å². The van der Waals surface area contributed by atoms with Crippen molar-refractivity contribution in [3.8, 4) is 11.5 Å². The smallest absolute Gasteiger partial charge is 0.338 e. The molecule has 6 nitrogen and oxygen atoms in total. The van der Waals surface area contributed by atoms with Crippen LogP contribution in [0.1, 0.15) is 41.7 Å². The molecule has 0 atom stereocenters. The molecule has 1 aromatic carbocycles. The first kappa shape index (κ1) is 16.9. The van der Waals surface area contributed by atoms with Crippen LogP contribution in [0, 0.1) is 5.41 Å². The number of carbonyl (C=O) groups excluding carboxylic acids is 2. The van der Waals surface area contributed by atoms with Crippen molar-refractivity contribution in [2.24, 2.45) is 5.41 Å². The van der Waals surface area contributed by atoms with Crippen LogP contribution < -0.4 is 9.47 Å². The first-order chi connectivity index (χ1) is 10.7. The maximum atomic E-state index is 12.5. The molecule has 6 heteroatoms. The maximum absolute atomic E-state index is 12.5. The van der Waals surface area contributed by atoms with E-state index < -0.39 is 11.4 Å². The molecule has 0 N–H and O–H groups in total. The minimum atomic E-state index is -0.614. The van der Waals surface area contributed by atoms with Crippen molar-refractivity contribution in [3.05, 3.63) is 23.5 Å². The normalized spacial score (nSPS) is 11.4. The highest BCUT2D eigenvalue weighted by Gasteiger charge is 2.29. The fraction of sp³-hybridized carbons (Fsp3) is 0.412. The van der Waals surface area contributed by atoms with E-state index >= 15 is 0 Å². The summed E-state index contributed by atoms with van der Waals surface area (Å²) >= 11 is 0. The van der Waals surface area contributed by atoms with Crippen LogP contribution in [0.25, 0.3) is 11.0 Å². The molecule has 0 aliphatic carbocycles. The Labute approximate surface area is 134 Å². The van der Waals surface area contributed by atoms with Crippen LogP contribution in [0.2, 0.25) is 0 Å². The molecule has 0 aliphatic rings. The molecule has 2 aromatic rings. The highest BCUT2D eigenvalue weighted by Crippen LogP contribution is 2.40. The Bertz CT molecular complexity index is 763. The Morgan fingerprint density at radius 1 is 1.04 bits per heavy atom. The van der Waals surface area contributed by atoms with Crippen LogP contribution in [-0.2, 0) is 4.74 Å². The van der Waals surface area contributed by atoms with E-state index in [4.69, 9.17) is 18.6 Å². The summed E-state index contributed by atoms with van der Waals surface area (Å²) in [6.45, 7) is 5.38. The second-order valence-electron chi connectivity index (χ2n) is 6.08. The van der Waals surface area contributed by atoms with Crippen LogP contribution in [0.4, 0.5) is 0 Å². The highest BCUT2D eigenvalue weighted by molar-refractivity contribution is 6.09. The summed E-state index contributed by atoms with van der Waals surface area (Å²) < 4.78 is 21.0. The molecule has 0 radical (unpaired) electrons. The Morgan fingerprint density at radius 2 is 1.70 bits per heavy atom. The van der Waals surface area contributed by atoms with Gasteiger partial charge in [0.2, 0.25) is 11.5 Å². The molecule has 0 bridgehead atoms. The van der Waals surface area contributed by atoms with Gasteiger partial charge in [0, 0.05) is 10.8 Å². The van der Waals surface area contributed by atoms with E-state index in [-0.39, 0.29) is 22.7 Å². The molecule has 0 amide bonds. The second kappa shape index (κ2) is 5.95. The molecular weight excluding hydrogens is 300 g/mol. The SMILES string of the molecule is COC(=O)c1cc(OC)c(OC)c2oc(C(=O)C(C)(C)C)cc12. The van der Waals surface area contributed by atoms with E-state index in [9.17, 15) is 9.59 Å². The first-order valence-corrected chi connectivity index (χ1v) is 7.06. The Morgan fingerprint density at radius 3 is 2.17 bits per heavy atom. The van der Waals surface area contributed by atoms with E-state index in [2.05, 4.69) is 0 Å². The van der Waals surface area contributed by atoms with Crippen molar-refractivity contribution in [3.63, 3.8) is 0 Å². The van der Waals surface area contributed by atoms with Gasteiger partial charge in [-0.15, -0.1) is 0 Å². The minimum absolute atomic E-state index is 0.157. The van der Waals surface area contributed by atoms with Crippen LogP contribution in [-0.4, -0.2) is 33.1 Å². The summed E-state index contributed by atoms with van der Waals surface area (Å²) in [5, 5.41) is 0.446. The van der Waals surface area contributed by atoms with E-state index in [0.717, 1.165) is 0 Å². The number of ether oxygens (including phenoxy) is 3. The average Bonchev–Trinajstić information content (AvgIpc) is 2.95. The number of fused-ring (bicyclic) bond motifs is 1. The van der Waals surface area contributed by atoms with Crippen LogP contribution in [0.15, 0.2) is 16.5 Å². The maximum Gasteiger partial charge on any atom is 0.338 e. The van der Waals surface area contributed by atoms with Crippen LogP contribution in [0.3, 0.4) is 0 Å². The van der Waals surface area contributed by atoms with Crippen molar-refractivity contribution < 1.29 is 28.2 Å². The van der Waals surface area contributed by atoms with Gasteiger partial charge in [-0.25, -0.2) is 4.79 Å². The lowest BCUT2D eigenvalue weighted by Crippen LogP contribution is -2.19. The van der Waals surface area contributed by atoms with Crippen molar-refractivity contribution in [1.82, 2.24) is 0 Å². The fourth-order valence-corrected chi connectivity index (χ4v) is 2.25. The van der Waals surface area contributed by atoms with Gasteiger partial charge in [-0.1, -0.05) is 20.8 Å². The van der Waals surface area contributed by atoms with Gasteiger partial charge in [0.25, 0.3) is 0 Å². The number of benzene rings is 1. The summed E-state index contributed by atoms with van der Waals surface area (Å²) in [5.41, 5.74) is -0.0897. The number of furan rings is 1. The topological polar surface area (TPSA) is 75.0 Å². The minimum Gasteiger partial charge on any atom is -0.493 e. The molecule has 0 saturated carbocycles. The molecule has 0 fully saturated rings. The van der Waals surface area contributed by atoms with Crippen LogP contribution in [0.5, 0.6) is 11.5 Å². The number of methoxy groups -OCH3 is 3. The Balaban J connectivity index is 2.80. The van der Waals surface area contributed by atoms with Crippen molar-refractivity contribution in [1.29, 1.82) is 0 Å². The Kier molecular flexibility index (Phi) is 4.36.